The van der Waals surface area contributed by atoms with E-state index in [1.807, 2.05) is 0 Å². The molecular weight excluding hydrogens is 490 g/mol. The molecule has 0 unspecified atom stereocenters. The van der Waals surface area contributed by atoms with Gasteiger partial charge in [0, 0.05) is 50.8 Å². The Balaban J connectivity index is 0.000000295. The lowest BCUT2D eigenvalue weighted by Crippen LogP contribution is -2.42. The molecule has 0 aromatic rings. The topological polar surface area (TPSA) is 165 Å². The van der Waals surface area contributed by atoms with Crippen LogP contribution in [-0.4, -0.2) is 74.4 Å². The number of carbonyl (C=O) groups excluding carboxylic acids is 1. The number of alkyl halides is 1. The van der Waals surface area contributed by atoms with E-state index in [2.05, 4.69) is 6.07 Å². The quantitative estimate of drug-likeness (QED) is 0.492. The summed E-state index contributed by atoms with van der Waals surface area (Å²) in [5.41, 5.74) is 5.19. The first-order valence-electron chi connectivity index (χ1n) is 11.1. The highest BCUT2D eigenvalue weighted by Crippen LogP contribution is 2.33. The van der Waals surface area contributed by atoms with Gasteiger partial charge in [-0.3, -0.25) is 4.79 Å². The van der Waals surface area contributed by atoms with Crippen LogP contribution in [0, 0.1) is 34.5 Å². The summed E-state index contributed by atoms with van der Waals surface area (Å²) in [5, 5.41) is 15.9. The van der Waals surface area contributed by atoms with E-state index >= 15 is 0 Å². The predicted molar refractivity (Wildman–Crippen MR) is 126 cm³/mol. The van der Waals surface area contributed by atoms with E-state index in [9.17, 15) is 21.6 Å². The Labute approximate surface area is 202 Å². The van der Waals surface area contributed by atoms with E-state index in [1.54, 1.807) is 6.07 Å². The molecule has 0 bridgehead atoms. The molecule has 1 amide bonds. The fourth-order valence-electron chi connectivity index (χ4n) is 3.60. The minimum atomic E-state index is -3.14. The Kier molecular flexibility index (Phi) is 12.6. The highest BCUT2D eigenvalue weighted by atomic mass is 35.5. The van der Waals surface area contributed by atoms with E-state index in [0.717, 1.165) is 12.8 Å². The van der Waals surface area contributed by atoms with Gasteiger partial charge in [0.15, 0.2) is 0 Å². The Bertz CT molecular complexity index is 909. The predicted octanol–water partition coefficient (Wildman–Crippen LogP) is 1.39. The maximum atomic E-state index is 11.8. The first-order chi connectivity index (χ1) is 15.5. The van der Waals surface area contributed by atoms with Gasteiger partial charge in [0.05, 0.1) is 23.1 Å². The minimum absolute atomic E-state index is 0.0180. The van der Waals surface area contributed by atoms with Gasteiger partial charge < -0.3 is 5.73 Å². The summed E-state index contributed by atoms with van der Waals surface area (Å²) in [6, 6.07) is 3.93. The Morgan fingerprint density at radius 2 is 1.45 bits per heavy atom. The Morgan fingerprint density at radius 1 is 0.970 bits per heavy atom. The van der Waals surface area contributed by atoms with Crippen LogP contribution in [0.2, 0.25) is 0 Å². The summed E-state index contributed by atoms with van der Waals surface area (Å²) in [4.78, 5) is 10.9. The van der Waals surface area contributed by atoms with Gasteiger partial charge in [-0.15, -0.1) is 11.6 Å². The number of amides is 1. The number of nitrogens with zero attached hydrogens (tertiary/aromatic N) is 4. The summed E-state index contributed by atoms with van der Waals surface area (Å²) >= 11 is 5.47. The third kappa shape index (κ3) is 9.75. The molecule has 3 fully saturated rings. The maximum absolute atomic E-state index is 11.8. The molecule has 1 aliphatic carbocycles. The smallest absolute Gasteiger partial charge is 0.220 e. The van der Waals surface area contributed by atoms with Crippen molar-refractivity contribution in [2.24, 2.45) is 17.6 Å². The molecule has 0 aromatic carbocycles. The SMILES string of the molecule is CC#N.N#CC1CCN(S(=O)(=O)CCCCl)CC1.NC(=O)C1CCN(S(=O)(=O)C2CC2)CC1. The van der Waals surface area contributed by atoms with Crippen molar-refractivity contribution in [1.29, 1.82) is 10.5 Å². The zero-order valence-electron chi connectivity index (χ0n) is 19.0. The molecule has 2 saturated heterocycles. The number of piperidine rings is 2. The van der Waals surface area contributed by atoms with Crippen LogP contribution in [-0.2, 0) is 24.8 Å². The van der Waals surface area contributed by atoms with E-state index in [0.29, 0.717) is 64.2 Å². The molecule has 3 rings (SSSR count). The second-order valence-electron chi connectivity index (χ2n) is 8.20. The van der Waals surface area contributed by atoms with Gasteiger partial charge in [-0.05, 0) is 44.9 Å². The van der Waals surface area contributed by atoms with Gasteiger partial charge in [0.25, 0.3) is 0 Å². The molecular formula is C20H34ClN5O5S2. The summed E-state index contributed by atoms with van der Waals surface area (Å²) in [7, 11) is -6.19. The normalized spacial score (nSPS) is 20.8. The van der Waals surface area contributed by atoms with Crippen LogP contribution in [0.4, 0.5) is 0 Å². The minimum Gasteiger partial charge on any atom is -0.369 e. The van der Waals surface area contributed by atoms with E-state index in [1.165, 1.54) is 15.5 Å². The lowest BCUT2D eigenvalue weighted by molar-refractivity contribution is -0.122. The second kappa shape index (κ2) is 14.1. The number of nitriles is 2. The lowest BCUT2D eigenvalue weighted by atomic mass is 9.98. The number of nitrogens with two attached hydrogens (primary N) is 1. The van der Waals surface area contributed by atoms with Crippen molar-refractivity contribution in [2.45, 2.75) is 57.1 Å². The molecule has 10 nitrogen and oxygen atoms in total. The van der Waals surface area contributed by atoms with Crippen molar-refractivity contribution in [3.05, 3.63) is 0 Å². The molecule has 13 heteroatoms. The standard InChI is InChI=1S/C9H15ClN2O2S.C9H16N2O3S.C2H3N/c10-4-1-7-15(13,14)12-5-2-9(8-11)3-6-12;10-9(12)7-3-5-11(6-4-7)15(13,14)8-1-2-8;1-2-3/h9H,1-7H2;7-8H,1-6H2,(H2,10,12);1H3. The van der Waals surface area contributed by atoms with Gasteiger partial charge in [-0.1, -0.05) is 0 Å². The summed E-state index contributed by atoms with van der Waals surface area (Å²) in [6.07, 6.45) is 4.51. The van der Waals surface area contributed by atoms with Crippen LogP contribution in [0.5, 0.6) is 0 Å². The fraction of sp³-hybridized carbons (Fsp3) is 0.850. The van der Waals surface area contributed by atoms with Crippen LogP contribution < -0.4 is 5.73 Å². The molecule has 0 radical (unpaired) electrons. The van der Waals surface area contributed by atoms with Crippen molar-refractivity contribution in [2.75, 3.05) is 37.8 Å². The Morgan fingerprint density at radius 3 is 1.85 bits per heavy atom. The molecule has 2 heterocycles. The van der Waals surface area contributed by atoms with Crippen molar-refractivity contribution in [3.63, 3.8) is 0 Å². The number of halogens is 1. The zero-order valence-corrected chi connectivity index (χ0v) is 21.4. The fourth-order valence-corrected chi connectivity index (χ4v) is 7.30. The third-order valence-electron chi connectivity index (χ3n) is 5.73. The molecule has 1 saturated carbocycles. The van der Waals surface area contributed by atoms with Gasteiger partial charge in [0.1, 0.15) is 0 Å². The molecule has 0 spiro atoms. The van der Waals surface area contributed by atoms with Crippen molar-refractivity contribution >= 4 is 37.6 Å². The van der Waals surface area contributed by atoms with Crippen molar-refractivity contribution in [3.8, 4) is 12.1 Å². The average Bonchev–Trinajstić information content (AvgIpc) is 3.65. The van der Waals surface area contributed by atoms with Crippen LogP contribution >= 0.6 is 11.6 Å². The maximum Gasteiger partial charge on any atom is 0.220 e. The molecule has 0 aromatic heterocycles. The van der Waals surface area contributed by atoms with E-state index < -0.39 is 20.0 Å². The molecule has 2 aliphatic heterocycles. The monoisotopic (exact) mass is 523 g/mol. The van der Waals surface area contributed by atoms with Gasteiger partial charge in [-0.2, -0.15) is 10.5 Å². The highest BCUT2D eigenvalue weighted by Gasteiger charge is 2.41. The Hall–Kier alpha value is -1.44. The highest BCUT2D eigenvalue weighted by molar-refractivity contribution is 7.90. The van der Waals surface area contributed by atoms with Crippen molar-refractivity contribution in [1.82, 2.24) is 8.61 Å². The zero-order chi connectivity index (χ0) is 25.1. The number of rotatable bonds is 7. The van der Waals surface area contributed by atoms with Gasteiger partial charge in [0.2, 0.25) is 26.0 Å². The van der Waals surface area contributed by atoms with Gasteiger partial charge >= 0.3 is 0 Å². The molecule has 3 aliphatic rings. The number of sulfonamides is 2. The number of hydrogen-bond acceptors (Lipinski definition) is 7. The third-order valence-corrected chi connectivity index (χ3v) is 10.4. The van der Waals surface area contributed by atoms with Crippen molar-refractivity contribution < 1.29 is 21.6 Å². The van der Waals surface area contributed by atoms with Crippen LogP contribution in [0.1, 0.15) is 51.9 Å². The largest absolute Gasteiger partial charge is 0.369 e. The molecule has 0 atom stereocenters. The van der Waals surface area contributed by atoms with Crippen LogP contribution in [0.3, 0.4) is 0 Å². The second-order valence-corrected chi connectivity index (χ2v) is 12.9. The number of hydrogen-bond donors (Lipinski definition) is 1. The van der Waals surface area contributed by atoms with E-state index in [4.69, 9.17) is 27.9 Å². The summed E-state index contributed by atoms with van der Waals surface area (Å²) in [6.45, 7) is 3.28. The van der Waals surface area contributed by atoms with Crippen LogP contribution in [0.25, 0.3) is 0 Å². The first-order valence-corrected chi connectivity index (χ1v) is 14.7. The van der Waals surface area contributed by atoms with Crippen LogP contribution in [0.15, 0.2) is 0 Å². The van der Waals surface area contributed by atoms with Gasteiger partial charge in [-0.25, -0.2) is 25.4 Å². The lowest BCUT2D eigenvalue weighted by Gasteiger charge is -2.29. The first kappa shape index (κ1) is 29.6. The number of primary amides is 1. The molecule has 2 N–H and O–H groups in total. The summed E-state index contributed by atoms with van der Waals surface area (Å²) in [5.74, 6) is 0.0559. The summed E-state index contributed by atoms with van der Waals surface area (Å²) < 4.78 is 50.1. The number of carbonyl (C=O) groups is 1. The average molecular weight is 524 g/mol. The van der Waals surface area contributed by atoms with E-state index in [-0.39, 0.29) is 28.7 Å². The molecule has 33 heavy (non-hydrogen) atoms. The molecule has 188 valence electrons.